The van der Waals surface area contributed by atoms with Gasteiger partial charge in [-0.05, 0) is 93.1 Å². The number of ether oxygens (including phenoxy) is 1. The summed E-state index contributed by atoms with van der Waals surface area (Å²) in [6.07, 6.45) is 3.75. The Kier molecular flexibility index (Phi) is 7.43. The van der Waals surface area contributed by atoms with Crippen LogP contribution in [0.4, 0.5) is 10.5 Å². The highest BCUT2D eigenvalue weighted by atomic mass is 79.9. The third kappa shape index (κ3) is 5.54. The first-order valence-electron chi connectivity index (χ1n) is 12.4. The molecule has 4 aromatic carbocycles. The summed E-state index contributed by atoms with van der Waals surface area (Å²) in [5.41, 5.74) is 3.69. The Morgan fingerprint density at radius 1 is 0.949 bits per heavy atom. The fourth-order valence-corrected chi connectivity index (χ4v) is 5.10. The van der Waals surface area contributed by atoms with Crippen molar-refractivity contribution in [2.75, 3.05) is 4.90 Å². The van der Waals surface area contributed by atoms with Gasteiger partial charge in [-0.1, -0.05) is 60.2 Å². The monoisotopic (exact) mass is 580 g/mol. The molecule has 39 heavy (non-hydrogen) atoms. The van der Waals surface area contributed by atoms with Crippen molar-refractivity contribution in [3.05, 3.63) is 124 Å². The topological polar surface area (TPSA) is 75.7 Å². The third-order valence-electron chi connectivity index (χ3n) is 6.41. The molecule has 7 heteroatoms. The van der Waals surface area contributed by atoms with Crippen LogP contribution in [0.2, 0.25) is 0 Å². The van der Waals surface area contributed by atoms with Gasteiger partial charge in [-0.3, -0.25) is 14.9 Å². The summed E-state index contributed by atoms with van der Waals surface area (Å²) in [6.45, 7) is 6.13. The molecular formula is C32H25BrN2O4. The minimum Gasteiger partial charge on any atom is -0.487 e. The molecule has 0 saturated carbocycles. The minimum absolute atomic E-state index is 0.142. The van der Waals surface area contributed by atoms with E-state index in [1.165, 1.54) is 6.08 Å². The van der Waals surface area contributed by atoms with Crippen LogP contribution in [-0.2, 0) is 22.6 Å². The second-order valence-corrected chi connectivity index (χ2v) is 10.1. The average Bonchev–Trinajstić information content (AvgIpc) is 2.91. The molecule has 0 spiro atoms. The van der Waals surface area contributed by atoms with Gasteiger partial charge in [0.05, 0.1) is 10.2 Å². The molecule has 5 rings (SSSR count). The Hall–Kier alpha value is -4.49. The molecule has 4 aromatic rings. The maximum absolute atomic E-state index is 13.3. The third-order valence-corrected chi connectivity index (χ3v) is 7.00. The maximum Gasteiger partial charge on any atom is 0.335 e. The van der Waals surface area contributed by atoms with Crippen molar-refractivity contribution in [2.24, 2.45) is 0 Å². The Balaban J connectivity index is 1.44. The van der Waals surface area contributed by atoms with E-state index in [1.54, 1.807) is 36.4 Å². The fourth-order valence-electron chi connectivity index (χ4n) is 4.46. The number of fused-ring (bicyclic) bond motifs is 1. The van der Waals surface area contributed by atoms with E-state index in [2.05, 4.69) is 52.1 Å². The Morgan fingerprint density at radius 2 is 1.69 bits per heavy atom. The first-order valence-corrected chi connectivity index (χ1v) is 13.2. The molecular weight excluding hydrogens is 556 g/mol. The second kappa shape index (κ2) is 11.1. The van der Waals surface area contributed by atoms with Crippen LogP contribution in [0.25, 0.3) is 16.8 Å². The van der Waals surface area contributed by atoms with E-state index in [-0.39, 0.29) is 5.57 Å². The van der Waals surface area contributed by atoms with Gasteiger partial charge < -0.3 is 4.74 Å². The van der Waals surface area contributed by atoms with E-state index in [0.29, 0.717) is 34.5 Å². The quantitative estimate of drug-likeness (QED) is 0.147. The zero-order valence-corrected chi connectivity index (χ0v) is 22.8. The van der Waals surface area contributed by atoms with Gasteiger partial charge in [0, 0.05) is 0 Å². The van der Waals surface area contributed by atoms with E-state index in [1.807, 2.05) is 31.2 Å². The van der Waals surface area contributed by atoms with Gasteiger partial charge in [0.25, 0.3) is 11.8 Å². The lowest BCUT2D eigenvalue weighted by molar-refractivity contribution is -0.122. The number of hydrogen-bond acceptors (Lipinski definition) is 4. The lowest BCUT2D eigenvalue weighted by Gasteiger charge is -2.26. The van der Waals surface area contributed by atoms with E-state index in [9.17, 15) is 14.4 Å². The number of carbonyl (C=O) groups is 3. The SMILES string of the molecule is C=CCc1cc(/C=C2\C(=O)NC(=O)N(c3ccc(C)cc3)C2=O)cc(Br)c1OCc1ccc2ccccc2c1. The number of carbonyl (C=O) groups excluding carboxylic acids is 3. The first-order chi connectivity index (χ1) is 18.8. The number of rotatable bonds is 7. The van der Waals surface area contributed by atoms with Crippen LogP contribution in [0.5, 0.6) is 5.75 Å². The molecule has 194 valence electrons. The highest BCUT2D eigenvalue weighted by Crippen LogP contribution is 2.34. The van der Waals surface area contributed by atoms with Gasteiger partial charge in [-0.25, -0.2) is 9.69 Å². The summed E-state index contributed by atoms with van der Waals surface area (Å²) in [5.74, 6) is -0.780. The molecule has 1 fully saturated rings. The van der Waals surface area contributed by atoms with Crippen LogP contribution in [0.3, 0.4) is 0 Å². The molecule has 1 N–H and O–H groups in total. The number of hydrogen-bond donors (Lipinski definition) is 1. The smallest absolute Gasteiger partial charge is 0.335 e. The summed E-state index contributed by atoms with van der Waals surface area (Å²) in [5, 5.41) is 4.57. The molecule has 1 aliphatic heterocycles. The minimum atomic E-state index is -0.781. The van der Waals surface area contributed by atoms with Crippen molar-refractivity contribution in [2.45, 2.75) is 20.0 Å². The van der Waals surface area contributed by atoms with E-state index < -0.39 is 17.8 Å². The zero-order chi connectivity index (χ0) is 27.5. The predicted octanol–water partition coefficient (Wildman–Crippen LogP) is 6.88. The molecule has 4 amide bonds. The molecule has 0 unspecified atom stereocenters. The number of anilines is 1. The van der Waals surface area contributed by atoms with Crippen LogP contribution < -0.4 is 15.0 Å². The normalized spacial score (nSPS) is 14.6. The van der Waals surface area contributed by atoms with Gasteiger partial charge in [-0.15, -0.1) is 6.58 Å². The van der Waals surface area contributed by atoms with Crippen molar-refractivity contribution >= 4 is 56.3 Å². The lowest BCUT2D eigenvalue weighted by atomic mass is 10.0. The number of urea groups is 1. The van der Waals surface area contributed by atoms with Gasteiger partial charge >= 0.3 is 6.03 Å². The van der Waals surface area contributed by atoms with Crippen LogP contribution in [0.15, 0.2) is 102 Å². The Morgan fingerprint density at radius 3 is 2.44 bits per heavy atom. The molecule has 0 atom stereocenters. The van der Waals surface area contributed by atoms with E-state index in [4.69, 9.17) is 4.74 Å². The second-order valence-electron chi connectivity index (χ2n) is 9.25. The molecule has 1 heterocycles. The zero-order valence-electron chi connectivity index (χ0n) is 21.2. The highest BCUT2D eigenvalue weighted by molar-refractivity contribution is 9.10. The van der Waals surface area contributed by atoms with Gasteiger partial charge in [0.1, 0.15) is 17.9 Å². The molecule has 6 nitrogen and oxygen atoms in total. The molecule has 1 saturated heterocycles. The van der Waals surface area contributed by atoms with Crippen molar-refractivity contribution < 1.29 is 19.1 Å². The molecule has 0 radical (unpaired) electrons. The average molecular weight is 581 g/mol. The standard InChI is InChI=1S/C32H25BrN2O4/c1-3-6-25-16-22(17-27-30(36)34-32(38)35(31(27)37)26-13-9-20(2)10-14-26)18-28(33)29(25)39-19-21-11-12-23-7-4-5-8-24(23)15-21/h3-5,7-18H,1,6,19H2,2H3,(H,34,36,38)/b27-17+. The largest absolute Gasteiger partial charge is 0.487 e. The summed E-state index contributed by atoms with van der Waals surface area (Å²) < 4.78 is 6.90. The van der Waals surface area contributed by atoms with Crippen LogP contribution >= 0.6 is 15.9 Å². The number of halogens is 1. The van der Waals surface area contributed by atoms with E-state index >= 15 is 0 Å². The number of imide groups is 2. The number of amides is 4. The summed E-state index contributed by atoms with van der Waals surface area (Å²) >= 11 is 3.60. The lowest BCUT2D eigenvalue weighted by Crippen LogP contribution is -2.54. The Labute approximate surface area is 234 Å². The fraction of sp³-hybridized carbons (Fsp3) is 0.0938. The van der Waals surface area contributed by atoms with Crippen molar-refractivity contribution in [1.82, 2.24) is 5.32 Å². The van der Waals surface area contributed by atoms with Crippen LogP contribution in [0, 0.1) is 6.92 Å². The number of nitrogens with zero attached hydrogens (tertiary/aromatic N) is 1. The molecule has 1 aliphatic rings. The summed E-state index contributed by atoms with van der Waals surface area (Å²) in [6, 6.07) is 24.1. The first kappa shape index (κ1) is 26.1. The van der Waals surface area contributed by atoms with Gasteiger partial charge in [-0.2, -0.15) is 0 Å². The van der Waals surface area contributed by atoms with E-state index in [0.717, 1.165) is 32.4 Å². The molecule has 0 bridgehead atoms. The number of allylic oxidation sites excluding steroid dienone is 1. The van der Waals surface area contributed by atoms with Crippen molar-refractivity contribution in [1.29, 1.82) is 0 Å². The number of aryl methyl sites for hydroxylation is 1. The maximum atomic E-state index is 13.3. The number of barbiturate groups is 1. The van der Waals surface area contributed by atoms with Gasteiger partial charge in [0.2, 0.25) is 0 Å². The molecule has 0 aliphatic carbocycles. The number of benzene rings is 4. The number of nitrogens with one attached hydrogen (secondary N) is 1. The summed E-state index contributed by atoms with van der Waals surface area (Å²) in [7, 11) is 0. The van der Waals surface area contributed by atoms with Crippen LogP contribution in [0.1, 0.15) is 22.3 Å². The highest BCUT2D eigenvalue weighted by Gasteiger charge is 2.36. The van der Waals surface area contributed by atoms with Gasteiger partial charge in [0.15, 0.2) is 0 Å². The van der Waals surface area contributed by atoms with Crippen molar-refractivity contribution in [3.8, 4) is 5.75 Å². The predicted molar refractivity (Wildman–Crippen MR) is 157 cm³/mol. The van der Waals surface area contributed by atoms with Crippen LogP contribution in [-0.4, -0.2) is 17.8 Å². The molecule has 0 aromatic heterocycles. The summed E-state index contributed by atoms with van der Waals surface area (Å²) in [4.78, 5) is 39.4. The van der Waals surface area contributed by atoms with Crippen molar-refractivity contribution in [3.63, 3.8) is 0 Å². The Bertz CT molecular complexity index is 1660.